The Morgan fingerprint density at radius 2 is 1.90 bits per heavy atom. The number of halogens is 1. The van der Waals surface area contributed by atoms with Gasteiger partial charge in [0.15, 0.2) is 6.54 Å². The predicted octanol–water partition coefficient (Wildman–Crippen LogP) is 0.236. The highest BCUT2D eigenvalue weighted by Crippen LogP contribution is 2.26. The first-order valence-corrected chi connectivity index (χ1v) is 7.46. The quantitative estimate of drug-likeness (QED) is 0.646. The van der Waals surface area contributed by atoms with E-state index in [-0.39, 0.29) is 11.6 Å². The number of amides is 1. The average Bonchev–Trinajstić information content (AvgIpc) is 2.98. The minimum Gasteiger partial charge on any atom is -0.327 e. The average molecular weight is 340 g/mol. The lowest BCUT2D eigenvalue weighted by Gasteiger charge is -2.12. The Morgan fingerprint density at radius 3 is 2.60 bits per heavy atom. The second kappa shape index (κ2) is 5.41. The van der Waals surface area contributed by atoms with Gasteiger partial charge in [-0.2, -0.15) is 0 Å². The monoisotopic (exact) mass is 339 g/mol. The topological polar surface area (TPSA) is 82.2 Å². The first-order chi connectivity index (χ1) is 9.61. The summed E-state index contributed by atoms with van der Waals surface area (Å²) in [7, 11) is 0. The number of carbonyl (C=O) groups excluding carboxylic acids is 1. The Kier molecular flexibility index (Phi) is 3.62. The molecule has 3 rings (SSSR count). The van der Waals surface area contributed by atoms with Crippen LogP contribution in [0.2, 0.25) is 0 Å². The number of benzene rings is 1. The molecule has 2 aromatic rings. The molecule has 1 aromatic carbocycles. The van der Waals surface area contributed by atoms with Gasteiger partial charge in [-0.3, -0.25) is 4.79 Å². The molecule has 4 N–H and O–H groups in total. The van der Waals surface area contributed by atoms with Crippen molar-refractivity contribution in [1.29, 1.82) is 0 Å². The van der Waals surface area contributed by atoms with Gasteiger partial charge in [0.25, 0.3) is 5.91 Å². The predicted molar refractivity (Wildman–Crippen MR) is 80.0 cm³/mol. The number of aromatic amines is 2. The first kappa shape index (κ1) is 13.4. The molecule has 1 aromatic heterocycles. The van der Waals surface area contributed by atoms with Gasteiger partial charge in [-0.25, -0.2) is 4.79 Å². The summed E-state index contributed by atoms with van der Waals surface area (Å²) >= 11 is 3.41. The standard InChI is InChI=1S/C13H15BrN4O2/c14-8-5-10-11(17-13(20)16-10)6-9(8)15-12(19)7-18-3-1-2-4-18/h5-6H,1-4,7H2,(H,15,19)(H2,16,17,20)/p+1. The zero-order chi connectivity index (χ0) is 14.1. The molecule has 1 aliphatic heterocycles. The molecule has 0 unspecified atom stereocenters. The van der Waals surface area contributed by atoms with Crippen molar-refractivity contribution in [3.05, 3.63) is 27.1 Å². The van der Waals surface area contributed by atoms with E-state index in [0.29, 0.717) is 23.3 Å². The third-order valence-corrected chi connectivity index (χ3v) is 4.26. The fourth-order valence-corrected chi connectivity index (χ4v) is 3.07. The molecule has 1 fully saturated rings. The molecule has 1 amide bonds. The highest BCUT2D eigenvalue weighted by Gasteiger charge is 2.19. The Bertz CT molecular complexity index is 700. The summed E-state index contributed by atoms with van der Waals surface area (Å²) in [5, 5.41) is 2.90. The van der Waals surface area contributed by atoms with E-state index in [1.54, 1.807) is 12.1 Å². The van der Waals surface area contributed by atoms with E-state index >= 15 is 0 Å². The number of hydrogen-bond donors (Lipinski definition) is 4. The molecule has 0 radical (unpaired) electrons. The maximum atomic E-state index is 12.0. The van der Waals surface area contributed by atoms with E-state index < -0.39 is 0 Å². The lowest BCUT2D eigenvalue weighted by Crippen LogP contribution is -3.11. The fraction of sp³-hybridized carbons (Fsp3) is 0.385. The Labute approximate surface area is 123 Å². The van der Waals surface area contributed by atoms with Crippen molar-refractivity contribution in [2.45, 2.75) is 12.8 Å². The van der Waals surface area contributed by atoms with Crippen molar-refractivity contribution in [2.75, 3.05) is 25.0 Å². The van der Waals surface area contributed by atoms with Crippen molar-refractivity contribution in [1.82, 2.24) is 9.97 Å². The van der Waals surface area contributed by atoms with Crippen molar-refractivity contribution in [3.8, 4) is 0 Å². The maximum Gasteiger partial charge on any atom is 0.323 e. The largest absolute Gasteiger partial charge is 0.327 e. The first-order valence-electron chi connectivity index (χ1n) is 6.67. The van der Waals surface area contributed by atoms with E-state index in [1.807, 2.05) is 0 Å². The third-order valence-electron chi connectivity index (χ3n) is 3.60. The van der Waals surface area contributed by atoms with Gasteiger partial charge in [-0.05, 0) is 28.1 Å². The number of fused-ring (bicyclic) bond motifs is 1. The summed E-state index contributed by atoms with van der Waals surface area (Å²) in [5.74, 6) is -0.000155. The molecule has 1 aliphatic rings. The SMILES string of the molecule is O=C(C[NH+]1CCCC1)Nc1cc2[nH]c(=O)[nH]c2cc1Br. The number of rotatable bonds is 3. The third kappa shape index (κ3) is 2.78. The van der Waals surface area contributed by atoms with Gasteiger partial charge in [0.2, 0.25) is 0 Å². The van der Waals surface area contributed by atoms with Crippen LogP contribution < -0.4 is 15.9 Å². The van der Waals surface area contributed by atoms with Crippen LogP contribution in [0.25, 0.3) is 11.0 Å². The van der Waals surface area contributed by atoms with E-state index in [1.165, 1.54) is 17.7 Å². The Morgan fingerprint density at radius 1 is 1.25 bits per heavy atom. The van der Waals surface area contributed by atoms with Gasteiger partial charge < -0.3 is 20.2 Å². The number of nitrogens with one attached hydrogen (secondary N) is 4. The van der Waals surface area contributed by atoms with E-state index in [9.17, 15) is 9.59 Å². The van der Waals surface area contributed by atoms with Gasteiger partial charge in [-0.15, -0.1) is 0 Å². The number of hydrogen-bond acceptors (Lipinski definition) is 2. The minimum absolute atomic E-state index is 0.000155. The highest BCUT2D eigenvalue weighted by molar-refractivity contribution is 9.10. The minimum atomic E-state index is -0.253. The van der Waals surface area contributed by atoms with Crippen LogP contribution in [0.5, 0.6) is 0 Å². The Hall–Kier alpha value is -1.60. The number of quaternary nitrogens is 1. The summed E-state index contributed by atoms with van der Waals surface area (Å²) in [5.41, 5.74) is 1.82. The van der Waals surface area contributed by atoms with Crippen LogP contribution in [-0.4, -0.2) is 35.5 Å². The van der Waals surface area contributed by atoms with Crippen LogP contribution in [-0.2, 0) is 4.79 Å². The summed E-state index contributed by atoms with van der Waals surface area (Å²) in [4.78, 5) is 30.0. The lowest BCUT2D eigenvalue weighted by atomic mass is 10.2. The summed E-state index contributed by atoms with van der Waals surface area (Å²) < 4.78 is 0.755. The number of carbonyl (C=O) groups is 1. The molecule has 7 heteroatoms. The number of imidazole rings is 1. The van der Waals surface area contributed by atoms with Crippen LogP contribution in [0.1, 0.15) is 12.8 Å². The van der Waals surface area contributed by atoms with Gasteiger partial charge in [0, 0.05) is 17.3 Å². The van der Waals surface area contributed by atoms with E-state index in [4.69, 9.17) is 0 Å². The molecule has 0 spiro atoms. The molecule has 0 bridgehead atoms. The van der Waals surface area contributed by atoms with Crippen LogP contribution in [0.15, 0.2) is 21.4 Å². The lowest BCUT2D eigenvalue weighted by molar-refractivity contribution is -0.878. The zero-order valence-electron chi connectivity index (χ0n) is 10.9. The normalized spacial score (nSPS) is 15.8. The molecule has 0 atom stereocenters. The van der Waals surface area contributed by atoms with E-state index in [0.717, 1.165) is 17.6 Å². The van der Waals surface area contributed by atoms with Gasteiger partial charge >= 0.3 is 5.69 Å². The van der Waals surface area contributed by atoms with Crippen molar-refractivity contribution in [2.24, 2.45) is 0 Å². The smallest absolute Gasteiger partial charge is 0.323 e. The van der Waals surface area contributed by atoms with Crippen molar-refractivity contribution in [3.63, 3.8) is 0 Å². The molecule has 0 aliphatic carbocycles. The molecule has 20 heavy (non-hydrogen) atoms. The van der Waals surface area contributed by atoms with Crippen LogP contribution in [0.3, 0.4) is 0 Å². The molecule has 0 saturated carbocycles. The second-order valence-electron chi connectivity index (χ2n) is 5.14. The molecular formula is C13H16BrN4O2+. The fourth-order valence-electron chi connectivity index (χ4n) is 2.62. The maximum absolute atomic E-state index is 12.0. The van der Waals surface area contributed by atoms with Crippen molar-refractivity contribution >= 4 is 38.6 Å². The Balaban J connectivity index is 1.77. The molecule has 6 nitrogen and oxygen atoms in total. The van der Waals surface area contributed by atoms with Gasteiger partial charge in [0.1, 0.15) is 0 Å². The van der Waals surface area contributed by atoms with Gasteiger partial charge in [-0.1, -0.05) is 0 Å². The summed E-state index contributed by atoms with van der Waals surface area (Å²) in [6.45, 7) is 2.63. The molecule has 2 heterocycles. The molecule has 106 valence electrons. The van der Waals surface area contributed by atoms with Crippen LogP contribution in [0, 0.1) is 0 Å². The molecular weight excluding hydrogens is 324 g/mol. The van der Waals surface area contributed by atoms with Crippen molar-refractivity contribution < 1.29 is 9.69 Å². The molecule has 1 saturated heterocycles. The number of likely N-dealkylation sites (tertiary alicyclic amines) is 1. The van der Waals surface area contributed by atoms with Crippen LogP contribution >= 0.6 is 15.9 Å². The van der Waals surface area contributed by atoms with Crippen LogP contribution in [0.4, 0.5) is 5.69 Å². The zero-order valence-corrected chi connectivity index (χ0v) is 12.5. The summed E-state index contributed by atoms with van der Waals surface area (Å²) in [6, 6.07) is 3.54. The number of anilines is 1. The highest BCUT2D eigenvalue weighted by atomic mass is 79.9. The van der Waals surface area contributed by atoms with Gasteiger partial charge in [0.05, 0.1) is 29.8 Å². The number of H-pyrrole nitrogens is 2. The second-order valence-corrected chi connectivity index (χ2v) is 5.99. The summed E-state index contributed by atoms with van der Waals surface area (Å²) in [6.07, 6.45) is 2.39. The number of aromatic nitrogens is 2. The van der Waals surface area contributed by atoms with E-state index in [2.05, 4.69) is 31.2 Å².